The number of hydrogen-bond acceptors (Lipinski definition) is 3. The maximum atomic E-state index is 13.8. The minimum absolute atomic E-state index is 0.102. The topological polar surface area (TPSA) is 57.6 Å². The Labute approximate surface area is 249 Å². The van der Waals surface area contributed by atoms with Crippen LogP contribution in [0.2, 0.25) is 0 Å². The summed E-state index contributed by atoms with van der Waals surface area (Å²) in [5, 5.41) is 12.3. The van der Waals surface area contributed by atoms with Gasteiger partial charge in [0.25, 0.3) is 9.70 Å². The van der Waals surface area contributed by atoms with Crippen molar-refractivity contribution in [2.24, 2.45) is 52.3 Å². The number of carbonyl (C=O) groups excluding carboxylic acids is 2. The highest BCUT2D eigenvalue weighted by molar-refractivity contribution is 6.76. The smallest absolute Gasteiger partial charge is 0.275 e. The Morgan fingerprint density at radius 2 is 1.54 bits per heavy atom. The van der Waals surface area contributed by atoms with Gasteiger partial charge in [0.1, 0.15) is 5.78 Å². The van der Waals surface area contributed by atoms with Crippen LogP contribution in [0.15, 0.2) is 0 Å². The third kappa shape index (κ3) is 4.21. The van der Waals surface area contributed by atoms with Crippen LogP contribution in [0.4, 0.5) is 0 Å². The van der Waals surface area contributed by atoms with Crippen molar-refractivity contribution in [3.8, 4) is 0 Å². The van der Waals surface area contributed by atoms with Crippen LogP contribution >= 0.6 is 34.8 Å². The lowest BCUT2D eigenvalue weighted by molar-refractivity contribution is -0.177. The standard InChI is InChI=1S/C32H46Cl3NO3/c1-28-9-10-31(39,17-22(28)3-4-23-24-5-6-26(37)29(24,2)8-7-25(23)28)18-36(27(38)32(33,34)35)30-14-19-11-20(15-30)13-21(12-19)16-30/h19-25,39H,3-18H2,1-2H3/t19?,20?,21?,22-,23-,24-,25-,28-,29-,30?,31+/m0/s1. The van der Waals surface area contributed by atoms with Gasteiger partial charge in [0.2, 0.25) is 0 Å². The second-order valence-electron chi connectivity index (χ2n) is 16.0. The molecule has 4 nitrogen and oxygen atoms in total. The first kappa shape index (κ1) is 27.8. The third-order valence-corrected chi connectivity index (χ3v) is 14.5. The molecule has 0 spiro atoms. The first-order valence-corrected chi connectivity index (χ1v) is 17.0. The van der Waals surface area contributed by atoms with Crippen molar-refractivity contribution in [2.75, 3.05) is 6.54 Å². The summed E-state index contributed by atoms with van der Waals surface area (Å²) in [4.78, 5) is 28.5. The fourth-order valence-electron chi connectivity index (χ4n) is 12.5. The number of β-amino-alcohol motifs (C(OH)–C–C–N with tert-alkyl or cyclic N) is 1. The van der Waals surface area contributed by atoms with E-state index >= 15 is 0 Å². The molecule has 7 atom stereocenters. The summed E-state index contributed by atoms with van der Waals surface area (Å²) >= 11 is 18.9. The number of halogens is 3. The summed E-state index contributed by atoms with van der Waals surface area (Å²) in [6.07, 6.45) is 15.5. The normalized spacial score (nSPS) is 52.3. The molecule has 8 aliphatic carbocycles. The van der Waals surface area contributed by atoms with E-state index in [1.54, 1.807) is 0 Å². The molecule has 0 heterocycles. The van der Waals surface area contributed by atoms with Crippen molar-refractivity contribution < 1.29 is 14.7 Å². The summed E-state index contributed by atoms with van der Waals surface area (Å²) in [6.45, 7) is 5.02. The van der Waals surface area contributed by atoms with E-state index in [2.05, 4.69) is 13.8 Å². The van der Waals surface area contributed by atoms with Crippen molar-refractivity contribution in [1.29, 1.82) is 0 Å². The molecule has 39 heavy (non-hydrogen) atoms. The molecule has 0 saturated heterocycles. The van der Waals surface area contributed by atoms with E-state index in [0.717, 1.165) is 64.2 Å². The lowest BCUT2D eigenvalue weighted by Crippen LogP contribution is -2.67. The minimum atomic E-state index is -2.01. The molecule has 8 rings (SSSR count). The zero-order valence-electron chi connectivity index (χ0n) is 23.7. The molecule has 1 N–H and O–H groups in total. The Balaban J connectivity index is 1.13. The van der Waals surface area contributed by atoms with Crippen molar-refractivity contribution in [3.05, 3.63) is 0 Å². The van der Waals surface area contributed by atoms with Crippen molar-refractivity contribution in [2.45, 2.75) is 125 Å². The second kappa shape index (κ2) is 8.99. The van der Waals surface area contributed by atoms with Gasteiger partial charge >= 0.3 is 0 Å². The van der Waals surface area contributed by atoms with Gasteiger partial charge in [0.15, 0.2) is 0 Å². The third-order valence-electron chi connectivity index (χ3n) is 14.0. The van der Waals surface area contributed by atoms with Crippen LogP contribution in [-0.2, 0) is 9.59 Å². The quantitative estimate of drug-likeness (QED) is 0.342. The number of fused-ring (bicyclic) bond motifs is 5. The number of hydrogen-bond donors (Lipinski definition) is 1. The highest BCUT2D eigenvalue weighted by atomic mass is 35.6. The summed E-state index contributed by atoms with van der Waals surface area (Å²) in [5.41, 5.74) is -1.13. The summed E-state index contributed by atoms with van der Waals surface area (Å²) in [6, 6.07) is 0. The Kier molecular flexibility index (Phi) is 6.41. The number of nitrogens with zero attached hydrogens (tertiary/aromatic N) is 1. The van der Waals surface area contributed by atoms with E-state index < -0.39 is 15.3 Å². The number of ketones is 1. The molecule has 0 aromatic rings. The Hall–Kier alpha value is -0.0300. The van der Waals surface area contributed by atoms with Gasteiger partial charge in [-0.15, -0.1) is 0 Å². The SMILES string of the molecule is C[C@]12CC[C@](O)(CN(C(=O)C(Cl)(Cl)Cl)C34CC5CC(CC(C5)C3)C4)C[C@@H]1CC[C@@H]1[C@@H]2CC[C@]2(C)C(=O)CC[C@@H]12. The molecule has 7 heteroatoms. The van der Waals surface area contributed by atoms with E-state index in [4.69, 9.17) is 34.8 Å². The first-order chi connectivity index (χ1) is 18.2. The predicted molar refractivity (Wildman–Crippen MR) is 155 cm³/mol. The summed E-state index contributed by atoms with van der Waals surface area (Å²) in [5.74, 6) is 4.26. The highest BCUT2D eigenvalue weighted by Crippen LogP contribution is 2.66. The van der Waals surface area contributed by atoms with Gasteiger partial charge in [0, 0.05) is 17.4 Å². The van der Waals surface area contributed by atoms with Gasteiger partial charge < -0.3 is 10.0 Å². The van der Waals surface area contributed by atoms with Gasteiger partial charge in [-0.25, -0.2) is 0 Å². The number of alkyl halides is 3. The lowest BCUT2D eigenvalue weighted by atomic mass is 9.44. The highest BCUT2D eigenvalue weighted by Gasteiger charge is 2.63. The van der Waals surface area contributed by atoms with Gasteiger partial charge in [-0.1, -0.05) is 48.7 Å². The maximum absolute atomic E-state index is 13.8. The largest absolute Gasteiger partial charge is 0.388 e. The molecule has 8 fully saturated rings. The molecular formula is C32H46Cl3NO3. The number of aliphatic hydroxyl groups is 1. The predicted octanol–water partition coefficient (Wildman–Crippen LogP) is 7.50. The van der Waals surface area contributed by atoms with E-state index in [1.807, 2.05) is 4.90 Å². The van der Waals surface area contributed by atoms with Gasteiger partial charge in [-0.3, -0.25) is 9.59 Å². The maximum Gasteiger partial charge on any atom is 0.275 e. The van der Waals surface area contributed by atoms with Crippen LogP contribution in [0.25, 0.3) is 0 Å². The molecular weight excluding hydrogens is 553 g/mol. The molecule has 8 aliphatic rings. The summed E-state index contributed by atoms with van der Waals surface area (Å²) < 4.78 is -2.01. The van der Waals surface area contributed by atoms with Crippen molar-refractivity contribution in [3.63, 3.8) is 0 Å². The zero-order chi connectivity index (χ0) is 27.6. The fourth-order valence-corrected chi connectivity index (χ4v) is 12.8. The van der Waals surface area contributed by atoms with E-state index in [9.17, 15) is 14.7 Å². The van der Waals surface area contributed by atoms with Crippen molar-refractivity contribution >= 4 is 46.5 Å². The van der Waals surface area contributed by atoms with Crippen LogP contribution in [-0.4, -0.2) is 43.2 Å². The monoisotopic (exact) mass is 597 g/mol. The van der Waals surface area contributed by atoms with Gasteiger partial charge in [0.05, 0.1) is 12.1 Å². The molecule has 0 aromatic carbocycles. The Morgan fingerprint density at radius 3 is 2.15 bits per heavy atom. The van der Waals surface area contributed by atoms with Crippen LogP contribution in [0.1, 0.15) is 110 Å². The van der Waals surface area contributed by atoms with Crippen LogP contribution < -0.4 is 0 Å². The van der Waals surface area contributed by atoms with Crippen molar-refractivity contribution in [1.82, 2.24) is 4.90 Å². The zero-order valence-corrected chi connectivity index (χ0v) is 26.0. The molecule has 0 aromatic heterocycles. The van der Waals surface area contributed by atoms with Crippen LogP contribution in [0.5, 0.6) is 0 Å². The molecule has 8 saturated carbocycles. The molecule has 218 valence electrons. The van der Waals surface area contributed by atoms with Crippen LogP contribution in [0.3, 0.4) is 0 Å². The number of amides is 1. The average Bonchev–Trinajstić information content (AvgIpc) is 3.16. The van der Waals surface area contributed by atoms with Gasteiger partial charge in [-0.2, -0.15) is 0 Å². The average molecular weight is 599 g/mol. The second-order valence-corrected chi connectivity index (χ2v) is 18.3. The molecule has 0 unspecified atom stereocenters. The number of Topliss-reactive ketones (excluding diaryl/α,β-unsaturated/α-hetero) is 1. The molecule has 4 bridgehead atoms. The molecule has 1 amide bonds. The van der Waals surface area contributed by atoms with Crippen LogP contribution in [0, 0.1) is 52.3 Å². The van der Waals surface area contributed by atoms with Gasteiger partial charge in [-0.05, 0) is 137 Å². The van der Waals surface area contributed by atoms with E-state index in [1.165, 1.54) is 25.7 Å². The van der Waals surface area contributed by atoms with E-state index in [-0.39, 0.29) is 16.4 Å². The first-order valence-electron chi connectivity index (χ1n) is 15.9. The molecule has 0 aliphatic heterocycles. The number of carbonyl (C=O) groups is 2. The molecule has 0 radical (unpaired) electrons. The lowest BCUT2D eigenvalue weighted by Gasteiger charge is -2.63. The van der Waals surface area contributed by atoms with E-state index in [0.29, 0.717) is 60.2 Å². The Bertz CT molecular complexity index is 1020. The fraction of sp³-hybridized carbons (Fsp3) is 0.938. The Morgan fingerprint density at radius 1 is 0.897 bits per heavy atom. The minimum Gasteiger partial charge on any atom is -0.388 e. The number of rotatable bonds is 3. The summed E-state index contributed by atoms with van der Waals surface area (Å²) in [7, 11) is 0.